The number of aromatic nitrogens is 5. The predicted molar refractivity (Wildman–Crippen MR) is 135 cm³/mol. The molecule has 35 heavy (non-hydrogen) atoms. The van der Waals surface area contributed by atoms with Crippen LogP contribution in [0.25, 0.3) is 22.6 Å². The predicted octanol–water partition coefficient (Wildman–Crippen LogP) is 5.38. The Morgan fingerprint density at radius 3 is 2.17 bits per heavy atom. The van der Waals surface area contributed by atoms with Crippen molar-refractivity contribution in [1.29, 1.82) is 0 Å². The highest BCUT2D eigenvalue weighted by Crippen LogP contribution is 2.25. The maximum absolute atomic E-state index is 12.6. The molecule has 0 aliphatic carbocycles. The molecule has 3 aromatic heterocycles. The van der Waals surface area contributed by atoms with Gasteiger partial charge in [0.1, 0.15) is 0 Å². The van der Waals surface area contributed by atoms with Crippen molar-refractivity contribution in [2.75, 3.05) is 16.0 Å². The fourth-order valence-corrected chi connectivity index (χ4v) is 3.33. The van der Waals surface area contributed by atoms with E-state index in [1.807, 2.05) is 66.7 Å². The van der Waals surface area contributed by atoms with Gasteiger partial charge in [0.15, 0.2) is 5.82 Å². The quantitative estimate of drug-likeness (QED) is 0.311. The smallest absolute Gasteiger partial charge is 0.322 e. The zero-order chi connectivity index (χ0) is 23.9. The number of para-hydroxylation sites is 2. The highest BCUT2D eigenvalue weighted by atomic mass is 16.2. The second kappa shape index (κ2) is 10.2. The van der Waals surface area contributed by atoms with Crippen LogP contribution in [0.15, 0.2) is 103 Å². The fourth-order valence-electron chi connectivity index (χ4n) is 3.33. The molecule has 2 amide bonds. The van der Waals surface area contributed by atoms with Crippen LogP contribution in [-0.2, 0) is 0 Å². The summed E-state index contributed by atoms with van der Waals surface area (Å²) in [6, 6.07) is 27.4. The van der Waals surface area contributed by atoms with Gasteiger partial charge in [-0.05, 0) is 42.5 Å². The van der Waals surface area contributed by atoms with Crippen molar-refractivity contribution in [2.45, 2.75) is 0 Å². The average Bonchev–Trinajstić information content (AvgIpc) is 2.91. The van der Waals surface area contributed by atoms with Crippen molar-refractivity contribution in [1.82, 2.24) is 25.1 Å². The summed E-state index contributed by atoms with van der Waals surface area (Å²) >= 11 is 0. The molecule has 9 nitrogen and oxygen atoms in total. The van der Waals surface area contributed by atoms with Gasteiger partial charge >= 0.3 is 6.03 Å². The van der Waals surface area contributed by atoms with Crippen molar-refractivity contribution in [2.24, 2.45) is 0 Å². The molecule has 170 valence electrons. The molecular weight excluding hydrogens is 440 g/mol. The number of urea groups is 1. The number of nitrogens with one attached hydrogen (secondary N) is 3. The molecule has 0 atom stereocenters. The second-order valence-corrected chi connectivity index (χ2v) is 7.40. The minimum absolute atomic E-state index is 0.332. The summed E-state index contributed by atoms with van der Waals surface area (Å²) < 4.78 is 0. The first kappa shape index (κ1) is 21.7. The Kier molecular flexibility index (Phi) is 6.30. The number of nitrogens with zero attached hydrogens (tertiary/aromatic N) is 5. The zero-order valence-electron chi connectivity index (χ0n) is 18.5. The van der Waals surface area contributed by atoms with E-state index in [0.29, 0.717) is 28.8 Å². The van der Waals surface area contributed by atoms with Crippen LogP contribution in [0.2, 0.25) is 0 Å². The first-order chi connectivity index (χ1) is 17.2. The molecule has 0 spiro atoms. The van der Waals surface area contributed by atoms with Crippen LogP contribution >= 0.6 is 0 Å². The van der Waals surface area contributed by atoms with Gasteiger partial charge in [-0.1, -0.05) is 48.5 Å². The Balaban J connectivity index is 1.27. The third kappa shape index (κ3) is 5.42. The van der Waals surface area contributed by atoms with E-state index in [0.717, 1.165) is 17.0 Å². The Morgan fingerprint density at radius 1 is 0.600 bits per heavy atom. The molecule has 0 saturated carbocycles. The van der Waals surface area contributed by atoms with Gasteiger partial charge in [0.2, 0.25) is 5.95 Å². The molecule has 0 bridgehead atoms. The summed E-state index contributed by atoms with van der Waals surface area (Å²) in [5.74, 6) is 0.712. The lowest BCUT2D eigenvalue weighted by molar-refractivity contribution is 0.262. The van der Waals surface area contributed by atoms with Crippen LogP contribution in [0.3, 0.4) is 0 Å². The maximum Gasteiger partial charge on any atom is 0.324 e. The van der Waals surface area contributed by atoms with Crippen LogP contribution in [0.5, 0.6) is 0 Å². The van der Waals surface area contributed by atoms with Crippen LogP contribution in [0.4, 0.5) is 27.9 Å². The van der Waals surface area contributed by atoms with Gasteiger partial charge in [-0.2, -0.15) is 0 Å². The summed E-state index contributed by atoms with van der Waals surface area (Å²) in [5, 5.41) is 17.0. The SMILES string of the molecule is O=C(Nc1ccc(-c2ccccc2)nn1)Nc1ccccc1Nc1nccc(-c2ccccn2)n1. The van der Waals surface area contributed by atoms with E-state index >= 15 is 0 Å². The standard InChI is InChI=1S/C26H20N8O/c35-26(32-24-14-13-19(33-34-24)18-8-2-1-3-9-18)31-22-12-5-4-11-21(22)29-25-28-17-15-23(30-25)20-10-6-7-16-27-20/h1-17H,(H,28,29,30)(H2,31,32,34,35). The van der Waals surface area contributed by atoms with E-state index in [9.17, 15) is 4.79 Å². The van der Waals surface area contributed by atoms with Crippen molar-refractivity contribution < 1.29 is 4.79 Å². The van der Waals surface area contributed by atoms with E-state index in [1.54, 1.807) is 36.7 Å². The molecule has 0 aliphatic rings. The van der Waals surface area contributed by atoms with Crippen LogP contribution < -0.4 is 16.0 Å². The molecule has 9 heteroatoms. The monoisotopic (exact) mass is 460 g/mol. The highest BCUT2D eigenvalue weighted by molar-refractivity contribution is 6.01. The number of amides is 2. The Morgan fingerprint density at radius 2 is 1.40 bits per heavy atom. The minimum atomic E-state index is -0.454. The number of rotatable bonds is 6. The van der Waals surface area contributed by atoms with Crippen molar-refractivity contribution in [3.63, 3.8) is 0 Å². The van der Waals surface area contributed by atoms with Crippen molar-refractivity contribution in [3.05, 3.63) is 103 Å². The number of carbonyl (C=O) groups excluding carboxylic acids is 1. The van der Waals surface area contributed by atoms with Gasteiger partial charge in [0.05, 0.1) is 28.5 Å². The molecule has 0 fully saturated rings. The van der Waals surface area contributed by atoms with Crippen LogP contribution in [-0.4, -0.2) is 31.2 Å². The first-order valence-electron chi connectivity index (χ1n) is 10.8. The van der Waals surface area contributed by atoms with Gasteiger partial charge < -0.3 is 10.6 Å². The molecule has 0 aliphatic heterocycles. The third-order valence-corrected chi connectivity index (χ3v) is 4.98. The third-order valence-electron chi connectivity index (χ3n) is 4.98. The molecule has 5 aromatic rings. The van der Waals surface area contributed by atoms with E-state index in [-0.39, 0.29) is 0 Å². The number of anilines is 4. The molecule has 3 heterocycles. The summed E-state index contributed by atoms with van der Waals surface area (Å²) in [6.45, 7) is 0. The van der Waals surface area contributed by atoms with E-state index in [2.05, 4.69) is 41.1 Å². The van der Waals surface area contributed by atoms with Gasteiger partial charge in [0, 0.05) is 18.0 Å². The van der Waals surface area contributed by atoms with E-state index in [4.69, 9.17) is 0 Å². The minimum Gasteiger partial charge on any atom is -0.322 e. The average molecular weight is 461 g/mol. The number of benzene rings is 2. The lowest BCUT2D eigenvalue weighted by Gasteiger charge is -2.13. The molecule has 3 N–H and O–H groups in total. The molecule has 0 unspecified atom stereocenters. The largest absolute Gasteiger partial charge is 0.324 e. The number of hydrogen-bond acceptors (Lipinski definition) is 7. The Bertz CT molecular complexity index is 1430. The molecule has 2 aromatic carbocycles. The second-order valence-electron chi connectivity index (χ2n) is 7.40. The Hall–Kier alpha value is -5.18. The maximum atomic E-state index is 12.6. The molecular formula is C26H20N8O. The van der Waals surface area contributed by atoms with Crippen LogP contribution in [0, 0.1) is 0 Å². The lowest BCUT2D eigenvalue weighted by atomic mass is 10.1. The topological polar surface area (TPSA) is 118 Å². The summed E-state index contributed by atoms with van der Waals surface area (Å²) in [7, 11) is 0. The highest BCUT2D eigenvalue weighted by Gasteiger charge is 2.10. The number of hydrogen-bond donors (Lipinski definition) is 3. The zero-order valence-corrected chi connectivity index (χ0v) is 18.5. The summed E-state index contributed by atoms with van der Waals surface area (Å²) in [6.07, 6.45) is 3.36. The van der Waals surface area contributed by atoms with E-state index in [1.165, 1.54) is 0 Å². The number of carbonyl (C=O) groups is 1. The molecule has 0 saturated heterocycles. The van der Waals surface area contributed by atoms with Gasteiger partial charge in [-0.15, -0.1) is 10.2 Å². The van der Waals surface area contributed by atoms with Crippen molar-refractivity contribution in [3.8, 4) is 22.6 Å². The molecule has 5 rings (SSSR count). The summed E-state index contributed by atoms with van der Waals surface area (Å²) in [4.78, 5) is 25.8. The van der Waals surface area contributed by atoms with Crippen LogP contribution in [0.1, 0.15) is 0 Å². The number of pyridine rings is 1. The normalized spacial score (nSPS) is 10.4. The van der Waals surface area contributed by atoms with E-state index < -0.39 is 6.03 Å². The first-order valence-corrected chi connectivity index (χ1v) is 10.8. The fraction of sp³-hybridized carbons (Fsp3) is 0. The van der Waals surface area contributed by atoms with Gasteiger partial charge in [0.25, 0.3) is 0 Å². The lowest BCUT2D eigenvalue weighted by Crippen LogP contribution is -2.21. The van der Waals surface area contributed by atoms with Crippen molar-refractivity contribution >= 4 is 29.2 Å². The summed E-state index contributed by atoms with van der Waals surface area (Å²) in [5.41, 5.74) is 4.27. The van der Waals surface area contributed by atoms with Gasteiger partial charge in [-0.3, -0.25) is 10.3 Å². The van der Waals surface area contributed by atoms with Gasteiger partial charge in [-0.25, -0.2) is 14.8 Å². The molecule has 0 radical (unpaired) electrons. The Labute approximate surface area is 201 Å².